The molecule has 1 aliphatic rings. The van der Waals surface area contributed by atoms with Gasteiger partial charge in [0.2, 0.25) is 0 Å². The number of hydrogen-bond acceptors (Lipinski definition) is 2. The minimum atomic E-state index is -0.549. The minimum absolute atomic E-state index is 0.150. The Morgan fingerprint density at radius 3 is 2.79 bits per heavy atom. The number of carbonyl (C=O) groups excluding carboxylic acids is 1. The molecule has 0 bridgehead atoms. The lowest BCUT2D eigenvalue weighted by Gasteiger charge is -2.39. The van der Waals surface area contributed by atoms with Gasteiger partial charge in [-0.25, -0.2) is 4.39 Å². The van der Waals surface area contributed by atoms with Crippen molar-refractivity contribution in [1.82, 2.24) is 5.32 Å². The number of hydrogen-bond donors (Lipinski definition) is 2. The molecule has 2 rings (SSSR count). The van der Waals surface area contributed by atoms with Crippen molar-refractivity contribution in [3.63, 3.8) is 0 Å². The standard InChI is InChI=1S/C15H16FNO2/c1-15(7-3-8-15)17-14(19)12-6-5-11(4-2-9-18)13(16)10-12/h5-6,10,18H,3,7-9H2,1H3,(H,17,19). The van der Waals surface area contributed by atoms with Crippen LogP contribution in [0.1, 0.15) is 42.1 Å². The van der Waals surface area contributed by atoms with Gasteiger partial charge in [0.15, 0.2) is 0 Å². The molecule has 2 N–H and O–H groups in total. The van der Waals surface area contributed by atoms with Crippen molar-refractivity contribution in [2.75, 3.05) is 6.61 Å². The molecule has 1 aliphatic carbocycles. The van der Waals surface area contributed by atoms with Gasteiger partial charge in [0, 0.05) is 11.1 Å². The maximum Gasteiger partial charge on any atom is 0.251 e. The van der Waals surface area contributed by atoms with Crippen LogP contribution in [0.25, 0.3) is 0 Å². The smallest absolute Gasteiger partial charge is 0.251 e. The Labute approximate surface area is 111 Å². The number of aliphatic hydroxyl groups is 1. The van der Waals surface area contributed by atoms with E-state index in [1.165, 1.54) is 12.1 Å². The van der Waals surface area contributed by atoms with E-state index in [1.807, 2.05) is 6.92 Å². The summed E-state index contributed by atoms with van der Waals surface area (Å²) in [4.78, 5) is 12.0. The molecule has 0 aromatic heterocycles. The molecule has 0 spiro atoms. The maximum atomic E-state index is 13.7. The molecule has 100 valence electrons. The molecule has 1 saturated carbocycles. The largest absolute Gasteiger partial charge is 0.384 e. The Morgan fingerprint density at radius 2 is 2.26 bits per heavy atom. The van der Waals surface area contributed by atoms with Gasteiger partial charge in [-0.1, -0.05) is 11.8 Å². The van der Waals surface area contributed by atoms with Gasteiger partial charge in [-0.3, -0.25) is 4.79 Å². The van der Waals surface area contributed by atoms with Crippen LogP contribution in [0.3, 0.4) is 0 Å². The zero-order valence-corrected chi connectivity index (χ0v) is 10.8. The first kappa shape index (κ1) is 13.6. The lowest BCUT2D eigenvalue weighted by molar-refractivity contribution is 0.0850. The summed E-state index contributed by atoms with van der Waals surface area (Å²) >= 11 is 0. The van der Waals surface area contributed by atoms with Gasteiger partial charge in [0.05, 0.1) is 5.56 Å². The number of carbonyl (C=O) groups is 1. The molecule has 0 atom stereocenters. The van der Waals surface area contributed by atoms with E-state index < -0.39 is 5.82 Å². The van der Waals surface area contributed by atoms with Gasteiger partial charge in [0.25, 0.3) is 5.91 Å². The third-order valence-electron chi connectivity index (χ3n) is 3.41. The monoisotopic (exact) mass is 261 g/mol. The van der Waals surface area contributed by atoms with Crippen LogP contribution < -0.4 is 5.32 Å². The van der Waals surface area contributed by atoms with Gasteiger partial charge >= 0.3 is 0 Å². The van der Waals surface area contributed by atoms with Crippen molar-refractivity contribution in [2.24, 2.45) is 0 Å². The summed E-state index contributed by atoms with van der Waals surface area (Å²) in [7, 11) is 0. The Morgan fingerprint density at radius 1 is 1.53 bits per heavy atom. The first-order chi connectivity index (χ1) is 9.04. The topological polar surface area (TPSA) is 49.3 Å². The van der Waals surface area contributed by atoms with Crippen molar-refractivity contribution >= 4 is 5.91 Å². The van der Waals surface area contributed by atoms with E-state index in [-0.39, 0.29) is 23.6 Å². The van der Waals surface area contributed by atoms with E-state index in [0.717, 1.165) is 19.3 Å². The van der Waals surface area contributed by atoms with Crippen LogP contribution in [0.15, 0.2) is 18.2 Å². The molecule has 0 saturated heterocycles. The highest BCUT2D eigenvalue weighted by molar-refractivity contribution is 5.94. The summed E-state index contributed by atoms with van der Waals surface area (Å²) in [6.45, 7) is 1.67. The number of halogens is 1. The summed E-state index contributed by atoms with van der Waals surface area (Å²) in [6.07, 6.45) is 3.03. The fraction of sp³-hybridized carbons (Fsp3) is 0.400. The molecule has 3 nitrogen and oxygen atoms in total. The number of nitrogens with one attached hydrogen (secondary N) is 1. The van der Waals surface area contributed by atoms with Crippen molar-refractivity contribution in [2.45, 2.75) is 31.7 Å². The second-order valence-electron chi connectivity index (χ2n) is 5.02. The van der Waals surface area contributed by atoms with Gasteiger partial charge in [0.1, 0.15) is 12.4 Å². The molecule has 1 aromatic carbocycles. The molecule has 1 aromatic rings. The minimum Gasteiger partial charge on any atom is -0.384 e. The first-order valence-corrected chi connectivity index (χ1v) is 6.26. The van der Waals surface area contributed by atoms with E-state index in [2.05, 4.69) is 17.2 Å². The van der Waals surface area contributed by atoms with E-state index in [9.17, 15) is 9.18 Å². The SMILES string of the molecule is CC1(NC(=O)c2ccc(C#CCO)c(F)c2)CCC1. The second-order valence-corrected chi connectivity index (χ2v) is 5.02. The molecule has 19 heavy (non-hydrogen) atoms. The summed E-state index contributed by atoms with van der Waals surface area (Å²) in [5, 5.41) is 11.5. The maximum absolute atomic E-state index is 13.7. The molecule has 0 aliphatic heterocycles. The normalized spacial score (nSPS) is 15.9. The molecule has 4 heteroatoms. The van der Waals surface area contributed by atoms with E-state index in [0.29, 0.717) is 5.56 Å². The summed E-state index contributed by atoms with van der Waals surface area (Å²) in [5.74, 6) is 4.06. The van der Waals surface area contributed by atoms with Crippen molar-refractivity contribution in [3.05, 3.63) is 35.1 Å². The van der Waals surface area contributed by atoms with Gasteiger partial charge in [-0.2, -0.15) is 0 Å². The van der Waals surface area contributed by atoms with E-state index in [4.69, 9.17) is 5.11 Å². The summed E-state index contributed by atoms with van der Waals surface area (Å²) in [5.41, 5.74) is 0.323. The number of benzene rings is 1. The number of amides is 1. The van der Waals surface area contributed by atoms with Gasteiger partial charge in [-0.05, 0) is 44.4 Å². The van der Waals surface area contributed by atoms with Crippen molar-refractivity contribution < 1.29 is 14.3 Å². The number of rotatable bonds is 2. The first-order valence-electron chi connectivity index (χ1n) is 6.26. The Balaban J connectivity index is 2.12. The highest BCUT2D eigenvalue weighted by Crippen LogP contribution is 2.31. The highest BCUT2D eigenvalue weighted by atomic mass is 19.1. The Hall–Kier alpha value is -1.86. The van der Waals surface area contributed by atoms with Crippen LogP contribution >= 0.6 is 0 Å². The predicted octanol–water partition coefficient (Wildman–Crippen LogP) is 1.84. The number of aliphatic hydroxyl groups excluding tert-OH is 1. The molecular weight excluding hydrogens is 245 g/mol. The van der Waals surface area contributed by atoms with Gasteiger partial charge in [-0.15, -0.1) is 0 Å². The van der Waals surface area contributed by atoms with Crippen LogP contribution in [0.2, 0.25) is 0 Å². The zero-order chi connectivity index (χ0) is 13.9. The third kappa shape index (κ3) is 3.12. The average molecular weight is 261 g/mol. The average Bonchev–Trinajstić information content (AvgIpc) is 2.35. The summed E-state index contributed by atoms with van der Waals surface area (Å²) in [6, 6.07) is 4.18. The Bertz CT molecular complexity index is 553. The fourth-order valence-electron chi connectivity index (χ4n) is 2.07. The third-order valence-corrected chi connectivity index (χ3v) is 3.41. The second kappa shape index (κ2) is 5.41. The molecule has 0 unspecified atom stereocenters. The zero-order valence-electron chi connectivity index (χ0n) is 10.8. The van der Waals surface area contributed by atoms with Crippen LogP contribution in [0.4, 0.5) is 4.39 Å². The highest BCUT2D eigenvalue weighted by Gasteiger charge is 2.33. The van der Waals surface area contributed by atoms with E-state index >= 15 is 0 Å². The quantitative estimate of drug-likeness (QED) is 0.798. The Kier molecular flexibility index (Phi) is 3.87. The van der Waals surface area contributed by atoms with Crippen LogP contribution in [-0.4, -0.2) is 23.2 Å². The lowest BCUT2D eigenvalue weighted by atomic mass is 9.78. The lowest BCUT2D eigenvalue weighted by Crippen LogP contribution is -2.50. The van der Waals surface area contributed by atoms with Crippen LogP contribution in [-0.2, 0) is 0 Å². The van der Waals surface area contributed by atoms with E-state index in [1.54, 1.807) is 6.07 Å². The van der Waals surface area contributed by atoms with Crippen molar-refractivity contribution in [3.8, 4) is 11.8 Å². The fourth-order valence-corrected chi connectivity index (χ4v) is 2.07. The molecule has 0 heterocycles. The molecular formula is C15H16FNO2. The molecule has 1 amide bonds. The molecule has 0 radical (unpaired) electrons. The summed E-state index contributed by atoms with van der Waals surface area (Å²) < 4.78 is 13.7. The van der Waals surface area contributed by atoms with Crippen LogP contribution in [0, 0.1) is 17.7 Å². The predicted molar refractivity (Wildman–Crippen MR) is 70.1 cm³/mol. The van der Waals surface area contributed by atoms with Crippen molar-refractivity contribution in [1.29, 1.82) is 0 Å². The van der Waals surface area contributed by atoms with Gasteiger partial charge < -0.3 is 10.4 Å². The van der Waals surface area contributed by atoms with Crippen LogP contribution in [0.5, 0.6) is 0 Å². The molecule has 1 fully saturated rings.